The molecule has 2 rings (SSSR count). The predicted octanol–water partition coefficient (Wildman–Crippen LogP) is -0.244. The van der Waals surface area contributed by atoms with E-state index >= 15 is 0 Å². The first-order chi connectivity index (χ1) is 9.74. The molecular formula is C14H14N4O2. The van der Waals surface area contributed by atoms with Crippen molar-refractivity contribution in [3.63, 3.8) is 0 Å². The summed E-state index contributed by atoms with van der Waals surface area (Å²) in [6.45, 7) is 1.36. The van der Waals surface area contributed by atoms with Crippen LogP contribution < -0.4 is 5.73 Å². The lowest BCUT2D eigenvalue weighted by atomic mass is 10.1. The summed E-state index contributed by atoms with van der Waals surface area (Å²) >= 11 is 0. The van der Waals surface area contributed by atoms with E-state index in [1.165, 1.54) is 6.20 Å². The number of rotatable bonds is 1. The molecule has 1 unspecified atom stereocenters. The van der Waals surface area contributed by atoms with Crippen molar-refractivity contribution < 1.29 is 9.53 Å². The number of morpholine rings is 1. The Hall–Kier alpha value is -2.41. The molecule has 0 bridgehead atoms. The molecule has 1 atom stereocenters. The molecule has 1 fully saturated rings. The highest BCUT2D eigenvalue weighted by molar-refractivity contribution is 5.94. The molecule has 0 saturated carbocycles. The van der Waals surface area contributed by atoms with Crippen LogP contribution in [-0.2, 0) is 4.74 Å². The fraction of sp³-hybridized carbons (Fsp3) is 0.357. The van der Waals surface area contributed by atoms with Crippen molar-refractivity contribution in [3.8, 4) is 17.9 Å². The van der Waals surface area contributed by atoms with E-state index < -0.39 is 6.10 Å². The molecule has 0 spiro atoms. The number of hydrogen-bond donors (Lipinski definition) is 1. The molecule has 1 aromatic heterocycles. The van der Waals surface area contributed by atoms with Crippen LogP contribution in [0.2, 0.25) is 0 Å². The van der Waals surface area contributed by atoms with E-state index in [4.69, 9.17) is 15.7 Å². The first-order valence-electron chi connectivity index (χ1n) is 6.19. The first-order valence-corrected chi connectivity index (χ1v) is 6.19. The zero-order chi connectivity index (χ0) is 14.4. The number of nitrogens with two attached hydrogens (primary N) is 1. The van der Waals surface area contributed by atoms with Crippen molar-refractivity contribution in [2.45, 2.75) is 6.10 Å². The van der Waals surface area contributed by atoms with Gasteiger partial charge in [0, 0.05) is 24.5 Å². The Morgan fingerprint density at radius 1 is 1.60 bits per heavy atom. The van der Waals surface area contributed by atoms with Gasteiger partial charge in [-0.3, -0.25) is 9.78 Å². The van der Waals surface area contributed by atoms with Crippen molar-refractivity contribution in [2.24, 2.45) is 5.73 Å². The van der Waals surface area contributed by atoms with Crippen LogP contribution in [0, 0.1) is 23.2 Å². The average Bonchev–Trinajstić information content (AvgIpc) is 2.52. The largest absolute Gasteiger partial charge is 0.360 e. The summed E-state index contributed by atoms with van der Waals surface area (Å²) in [4.78, 5) is 17.9. The lowest BCUT2D eigenvalue weighted by molar-refractivity contribution is 0.00345. The molecule has 1 aliphatic heterocycles. The topological polar surface area (TPSA) is 92.2 Å². The van der Waals surface area contributed by atoms with Crippen LogP contribution in [0.5, 0.6) is 0 Å². The van der Waals surface area contributed by atoms with Crippen LogP contribution in [0.1, 0.15) is 15.9 Å². The Morgan fingerprint density at radius 3 is 3.20 bits per heavy atom. The number of nitrogens with zero attached hydrogens (tertiary/aromatic N) is 3. The van der Waals surface area contributed by atoms with E-state index in [0.29, 0.717) is 24.3 Å². The zero-order valence-electron chi connectivity index (χ0n) is 10.9. The van der Waals surface area contributed by atoms with Crippen molar-refractivity contribution in [2.75, 3.05) is 26.2 Å². The van der Waals surface area contributed by atoms with Gasteiger partial charge in [-0.1, -0.05) is 11.8 Å². The molecule has 6 heteroatoms. The fourth-order valence-corrected chi connectivity index (χ4v) is 1.87. The van der Waals surface area contributed by atoms with Crippen molar-refractivity contribution >= 4 is 5.91 Å². The lowest BCUT2D eigenvalue weighted by Crippen LogP contribution is -2.45. The molecule has 1 amide bonds. The summed E-state index contributed by atoms with van der Waals surface area (Å²) in [5.41, 5.74) is 6.40. The van der Waals surface area contributed by atoms with Gasteiger partial charge in [0.25, 0.3) is 5.91 Å². The van der Waals surface area contributed by atoms with E-state index in [-0.39, 0.29) is 19.0 Å². The maximum atomic E-state index is 12.3. The van der Waals surface area contributed by atoms with Crippen molar-refractivity contribution in [3.05, 3.63) is 29.6 Å². The molecule has 20 heavy (non-hydrogen) atoms. The number of nitriles is 1. The Bertz CT molecular complexity index is 597. The van der Waals surface area contributed by atoms with Gasteiger partial charge >= 0.3 is 0 Å². The molecule has 0 aliphatic carbocycles. The van der Waals surface area contributed by atoms with Crippen molar-refractivity contribution in [1.29, 1.82) is 5.26 Å². The molecule has 2 heterocycles. The molecule has 2 N–H and O–H groups in total. The quantitative estimate of drug-likeness (QED) is 0.711. The summed E-state index contributed by atoms with van der Waals surface area (Å²) in [6.07, 6.45) is 2.50. The molecule has 102 valence electrons. The molecule has 1 aliphatic rings. The van der Waals surface area contributed by atoms with Gasteiger partial charge in [0.15, 0.2) is 6.10 Å². The highest BCUT2D eigenvalue weighted by atomic mass is 16.5. The standard InChI is InChI=1S/C14H14N4O2/c15-3-1-2-11-6-12(9-17-8-11)14(19)18-4-5-20-13(7-16)10-18/h6,8-9,13H,3-5,10,15H2. The summed E-state index contributed by atoms with van der Waals surface area (Å²) < 4.78 is 5.21. The Kier molecular flexibility index (Phi) is 4.67. The second-order valence-corrected chi connectivity index (χ2v) is 4.21. The summed E-state index contributed by atoms with van der Waals surface area (Å²) in [5.74, 6) is 5.38. The Balaban J connectivity index is 2.14. The van der Waals surface area contributed by atoms with E-state index in [0.717, 1.165) is 0 Å². The Labute approximate surface area is 117 Å². The lowest BCUT2D eigenvalue weighted by Gasteiger charge is -2.29. The van der Waals surface area contributed by atoms with Crippen LogP contribution in [0.4, 0.5) is 0 Å². The zero-order valence-corrected chi connectivity index (χ0v) is 10.9. The summed E-state index contributed by atoms with van der Waals surface area (Å²) in [7, 11) is 0. The minimum Gasteiger partial charge on any atom is -0.360 e. The van der Waals surface area contributed by atoms with E-state index in [9.17, 15) is 4.79 Å². The van der Waals surface area contributed by atoms with Gasteiger partial charge in [0.05, 0.1) is 31.3 Å². The molecule has 1 aromatic rings. The average molecular weight is 270 g/mol. The smallest absolute Gasteiger partial charge is 0.255 e. The fourth-order valence-electron chi connectivity index (χ4n) is 1.87. The maximum Gasteiger partial charge on any atom is 0.255 e. The van der Waals surface area contributed by atoms with Crippen LogP contribution in [0.3, 0.4) is 0 Å². The third-order valence-corrected chi connectivity index (χ3v) is 2.82. The number of carbonyl (C=O) groups is 1. The van der Waals surface area contributed by atoms with Gasteiger partial charge in [-0.25, -0.2) is 0 Å². The minimum atomic E-state index is -0.569. The number of ether oxygens (including phenoxy) is 1. The SMILES string of the molecule is N#CC1CN(C(=O)c2cncc(C#CCN)c2)CCO1. The third kappa shape index (κ3) is 3.33. The highest BCUT2D eigenvalue weighted by Gasteiger charge is 2.24. The van der Waals surface area contributed by atoms with Gasteiger partial charge < -0.3 is 15.4 Å². The Morgan fingerprint density at radius 2 is 2.45 bits per heavy atom. The summed E-state index contributed by atoms with van der Waals surface area (Å²) in [6, 6.07) is 3.69. The molecule has 1 saturated heterocycles. The van der Waals surface area contributed by atoms with Crippen LogP contribution in [0.25, 0.3) is 0 Å². The van der Waals surface area contributed by atoms with E-state index in [1.807, 2.05) is 6.07 Å². The van der Waals surface area contributed by atoms with Gasteiger partial charge in [0.1, 0.15) is 0 Å². The molecule has 0 radical (unpaired) electrons. The number of carbonyl (C=O) groups excluding carboxylic acids is 1. The van der Waals surface area contributed by atoms with Gasteiger partial charge in [0.2, 0.25) is 0 Å². The minimum absolute atomic E-state index is 0.169. The normalized spacial score (nSPS) is 17.8. The molecular weight excluding hydrogens is 256 g/mol. The summed E-state index contributed by atoms with van der Waals surface area (Å²) in [5, 5.41) is 8.85. The van der Waals surface area contributed by atoms with Gasteiger partial charge in [-0.05, 0) is 6.07 Å². The van der Waals surface area contributed by atoms with Crippen LogP contribution >= 0.6 is 0 Å². The number of amides is 1. The van der Waals surface area contributed by atoms with E-state index in [2.05, 4.69) is 16.8 Å². The van der Waals surface area contributed by atoms with Crippen LogP contribution in [-0.4, -0.2) is 48.1 Å². The number of pyridine rings is 1. The predicted molar refractivity (Wildman–Crippen MR) is 71.4 cm³/mol. The second-order valence-electron chi connectivity index (χ2n) is 4.21. The monoisotopic (exact) mass is 270 g/mol. The molecule has 6 nitrogen and oxygen atoms in total. The van der Waals surface area contributed by atoms with E-state index in [1.54, 1.807) is 17.2 Å². The van der Waals surface area contributed by atoms with Gasteiger partial charge in [-0.15, -0.1) is 0 Å². The maximum absolute atomic E-state index is 12.3. The highest BCUT2D eigenvalue weighted by Crippen LogP contribution is 2.10. The van der Waals surface area contributed by atoms with Crippen LogP contribution in [0.15, 0.2) is 18.5 Å². The van der Waals surface area contributed by atoms with Gasteiger partial charge in [-0.2, -0.15) is 5.26 Å². The van der Waals surface area contributed by atoms with Crippen molar-refractivity contribution in [1.82, 2.24) is 9.88 Å². The number of hydrogen-bond acceptors (Lipinski definition) is 5. The number of aromatic nitrogens is 1. The second kappa shape index (κ2) is 6.67. The first kappa shape index (κ1) is 14.0. The third-order valence-electron chi connectivity index (χ3n) is 2.82. The molecule has 0 aromatic carbocycles.